The average Bonchev–Trinajstić information content (AvgIpc) is 3.22. The molecule has 1 heterocycles. The Morgan fingerprint density at radius 3 is 2.30 bits per heavy atom. The van der Waals surface area contributed by atoms with E-state index in [0.717, 1.165) is 11.3 Å². The Morgan fingerprint density at radius 1 is 0.867 bits per heavy atom. The number of nitrogens with zero attached hydrogens (tertiary/aromatic N) is 1. The van der Waals surface area contributed by atoms with Crippen LogP contribution in [0.5, 0.6) is 17.2 Å². The average molecular weight is 404 g/mol. The van der Waals surface area contributed by atoms with E-state index in [-0.39, 0.29) is 5.91 Å². The van der Waals surface area contributed by atoms with Crippen molar-refractivity contribution in [3.05, 3.63) is 66.2 Å². The van der Waals surface area contributed by atoms with Crippen LogP contribution >= 0.6 is 0 Å². The second kappa shape index (κ2) is 8.16. The Hall–Kier alpha value is -4.00. The number of carbonyl (C=O) groups excluding carboxylic acids is 1. The zero-order chi connectivity index (χ0) is 21.1. The molecule has 0 aliphatic rings. The van der Waals surface area contributed by atoms with Gasteiger partial charge in [-0.15, -0.1) is 0 Å². The van der Waals surface area contributed by atoms with Crippen molar-refractivity contribution in [2.24, 2.45) is 0 Å². The summed E-state index contributed by atoms with van der Waals surface area (Å²) in [5, 5.41) is 2.86. The van der Waals surface area contributed by atoms with Crippen molar-refractivity contribution < 1.29 is 23.4 Å². The summed E-state index contributed by atoms with van der Waals surface area (Å²) < 4.78 is 21.6. The van der Waals surface area contributed by atoms with E-state index in [1.165, 1.54) is 14.2 Å². The molecule has 0 atom stereocenters. The number of hydrogen-bond donors (Lipinski definition) is 1. The van der Waals surface area contributed by atoms with Crippen LogP contribution in [0.3, 0.4) is 0 Å². The van der Waals surface area contributed by atoms with E-state index in [4.69, 9.17) is 18.6 Å². The molecule has 0 spiro atoms. The molecule has 0 radical (unpaired) electrons. The molecule has 1 amide bonds. The van der Waals surface area contributed by atoms with Crippen LogP contribution in [0.25, 0.3) is 22.6 Å². The highest BCUT2D eigenvalue weighted by Crippen LogP contribution is 2.29. The first-order valence-electron chi connectivity index (χ1n) is 9.19. The number of hydrogen-bond acceptors (Lipinski definition) is 6. The van der Waals surface area contributed by atoms with E-state index >= 15 is 0 Å². The maximum absolute atomic E-state index is 12.7. The number of methoxy groups -OCH3 is 3. The van der Waals surface area contributed by atoms with Crippen LogP contribution in [0.1, 0.15) is 10.4 Å². The maximum Gasteiger partial charge on any atom is 0.255 e. The molecule has 1 N–H and O–H groups in total. The third kappa shape index (κ3) is 3.91. The number of nitrogens with one attached hydrogen (secondary N) is 1. The third-order valence-corrected chi connectivity index (χ3v) is 4.58. The molecular weight excluding hydrogens is 384 g/mol. The van der Waals surface area contributed by atoms with E-state index in [2.05, 4.69) is 10.3 Å². The van der Waals surface area contributed by atoms with Crippen molar-refractivity contribution in [1.82, 2.24) is 4.98 Å². The van der Waals surface area contributed by atoms with E-state index in [0.29, 0.717) is 39.7 Å². The van der Waals surface area contributed by atoms with Crippen molar-refractivity contribution in [2.45, 2.75) is 0 Å². The SMILES string of the molecule is COc1cc(OC)cc(C(=O)Nc2ccc3nc(-c4cccc(OC)c4)oc3c2)c1. The number of carbonyl (C=O) groups is 1. The molecule has 0 unspecified atom stereocenters. The van der Waals surface area contributed by atoms with Gasteiger partial charge in [-0.2, -0.15) is 0 Å². The zero-order valence-corrected chi connectivity index (χ0v) is 16.8. The molecule has 0 bridgehead atoms. The first kappa shape index (κ1) is 19.3. The van der Waals surface area contributed by atoms with Crippen LogP contribution in [-0.2, 0) is 0 Å². The minimum Gasteiger partial charge on any atom is -0.497 e. The summed E-state index contributed by atoms with van der Waals surface area (Å²) in [6, 6.07) is 17.8. The summed E-state index contributed by atoms with van der Waals surface area (Å²) in [6.45, 7) is 0. The van der Waals surface area contributed by atoms with Gasteiger partial charge in [0.15, 0.2) is 5.58 Å². The lowest BCUT2D eigenvalue weighted by Gasteiger charge is -2.09. The minimum absolute atomic E-state index is 0.293. The monoisotopic (exact) mass is 404 g/mol. The smallest absolute Gasteiger partial charge is 0.255 e. The molecule has 152 valence electrons. The molecule has 0 aliphatic heterocycles. The molecule has 0 fully saturated rings. The predicted molar refractivity (Wildman–Crippen MR) is 113 cm³/mol. The van der Waals surface area contributed by atoms with Crippen LogP contribution in [0.4, 0.5) is 5.69 Å². The molecule has 3 aromatic carbocycles. The van der Waals surface area contributed by atoms with Crippen molar-refractivity contribution >= 4 is 22.7 Å². The standard InChI is InChI=1S/C23H20N2O5/c1-27-17-6-4-5-14(9-17)23-25-20-8-7-16(12-21(20)30-23)24-22(26)15-10-18(28-2)13-19(11-15)29-3/h4-13H,1-3H3,(H,24,26). The number of ether oxygens (including phenoxy) is 3. The van der Waals surface area contributed by atoms with Gasteiger partial charge in [0.05, 0.1) is 21.3 Å². The lowest BCUT2D eigenvalue weighted by atomic mass is 10.1. The van der Waals surface area contributed by atoms with Crippen LogP contribution in [0, 0.1) is 0 Å². The van der Waals surface area contributed by atoms with Gasteiger partial charge in [0.2, 0.25) is 5.89 Å². The first-order valence-corrected chi connectivity index (χ1v) is 9.19. The lowest BCUT2D eigenvalue weighted by molar-refractivity contribution is 0.102. The molecule has 4 aromatic rings. The van der Waals surface area contributed by atoms with Crippen molar-refractivity contribution in [3.63, 3.8) is 0 Å². The molecule has 1 aromatic heterocycles. The summed E-state index contributed by atoms with van der Waals surface area (Å²) >= 11 is 0. The summed E-state index contributed by atoms with van der Waals surface area (Å²) in [6.07, 6.45) is 0. The van der Waals surface area contributed by atoms with Crippen molar-refractivity contribution in [3.8, 4) is 28.7 Å². The molecule has 0 saturated heterocycles. The minimum atomic E-state index is -0.293. The highest BCUT2D eigenvalue weighted by atomic mass is 16.5. The largest absolute Gasteiger partial charge is 0.497 e. The topological polar surface area (TPSA) is 82.8 Å². The number of aromatic nitrogens is 1. The molecule has 0 saturated carbocycles. The highest BCUT2D eigenvalue weighted by molar-refractivity contribution is 6.05. The maximum atomic E-state index is 12.7. The lowest BCUT2D eigenvalue weighted by Crippen LogP contribution is -2.12. The Morgan fingerprint density at radius 2 is 1.60 bits per heavy atom. The summed E-state index contributed by atoms with van der Waals surface area (Å²) in [5.41, 5.74) is 3.06. The predicted octanol–water partition coefficient (Wildman–Crippen LogP) is 4.77. The summed E-state index contributed by atoms with van der Waals surface area (Å²) in [4.78, 5) is 17.2. The van der Waals surface area contributed by atoms with E-state index in [1.807, 2.05) is 24.3 Å². The normalized spacial score (nSPS) is 10.6. The van der Waals surface area contributed by atoms with Gasteiger partial charge in [0, 0.05) is 28.9 Å². The van der Waals surface area contributed by atoms with Gasteiger partial charge in [0.25, 0.3) is 5.91 Å². The number of benzene rings is 3. The van der Waals surface area contributed by atoms with Gasteiger partial charge in [-0.3, -0.25) is 4.79 Å². The van der Waals surface area contributed by atoms with Gasteiger partial charge in [-0.05, 0) is 42.5 Å². The quantitative estimate of drug-likeness (QED) is 0.498. The number of amides is 1. The number of rotatable bonds is 6. The van der Waals surface area contributed by atoms with Gasteiger partial charge >= 0.3 is 0 Å². The molecule has 0 aliphatic carbocycles. The molecular formula is C23H20N2O5. The fourth-order valence-electron chi connectivity index (χ4n) is 3.02. The van der Waals surface area contributed by atoms with E-state index in [1.54, 1.807) is 43.5 Å². The summed E-state index contributed by atoms with van der Waals surface area (Å²) in [5.74, 6) is 1.97. The summed E-state index contributed by atoms with van der Waals surface area (Å²) in [7, 11) is 4.68. The first-order chi connectivity index (χ1) is 14.6. The molecule has 7 heteroatoms. The van der Waals surface area contributed by atoms with E-state index < -0.39 is 0 Å². The van der Waals surface area contributed by atoms with Gasteiger partial charge in [0.1, 0.15) is 22.8 Å². The Kier molecular flexibility index (Phi) is 5.26. The zero-order valence-electron chi connectivity index (χ0n) is 16.8. The van der Waals surface area contributed by atoms with Crippen LogP contribution in [-0.4, -0.2) is 32.2 Å². The Balaban J connectivity index is 1.60. The molecule has 4 rings (SSSR count). The van der Waals surface area contributed by atoms with Gasteiger partial charge in [-0.1, -0.05) is 6.07 Å². The third-order valence-electron chi connectivity index (χ3n) is 4.58. The van der Waals surface area contributed by atoms with Crippen LogP contribution < -0.4 is 19.5 Å². The molecule has 7 nitrogen and oxygen atoms in total. The van der Waals surface area contributed by atoms with Crippen LogP contribution in [0.15, 0.2) is 65.1 Å². The fourth-order valence-corrected chi connectivity index (χ4v) is 3.02. The van der Waals surface area contributed by atoms with Gasteiger partial charge in [-0.25, -0.2) is 4.98 Å². The van der Waals surface area contributed by atoms with Gasteiger partial charge < -0.3 is 23.9 Å². The Labute approximate surface area is 173 Å². The second-order valence-corrected chi connectivity index (χ2v) is 6.49. The van der Waals surface area contributed by atoms with Crippen molar-refractivity contribution in [2.75, 3.05) is 26.6 Å². The highest BCUT2D eigenvalue weighted by Gasteiger charge is 2.13. The number of oxazole rings is 1. The second-order valence-electron chi connectivity index (χ2n) is 6.49. The Bertz CT molecular complexity index is 1190. The van der Waals surface area contributed by atoms with E-state index in [9.17, 15) is 4.79 Å². The number of fused-ring (bicyclic) bond motifs is 1. The van der Waals surface area contributed by atoms with Crippen molar-refractivity contribution in [1.29, 1.82) is 0 Å². The number of anilines is 1. The fraction of sp³-hybridized carbons (Fsp3) is 0.130. The molecule has 30 heavy (non-hydrogen) atoms. The van der Waals surface area contributed by atoms with Crippen LogP contribution in [0.2, 0.25) is 0 Å².